The third-order valence-electron chi connectivity index (χ3n) is 9.17. The molecule has 45 heavy (non-hydrogen) atoms. The first-order chi connectivity index (χ1) is 21.9. The molecule has 3 heterocycles. The van der Waals surface area contributed by atoms with Crippen LogP contribution in [0, 0.1) is 0 Å². The molecule has 0 unspecified atom stereocenters. The van der Waals surface area contributed by atoms with Crippen LogP contribution in [-0.2, 0) is 34.1 Å². The van der Waals surface area contributed by atoms with E-state index in [1.807, 2.05) is 60.7 Å². The summed E-state index contributed by atoms with van der Waals surface area (Å²) in [5.41, 5.74) is 0.735. The van der Waals surface area contributed by atoms with Gasteiger partial charge in [0.15, 0.2) is 17.3 Å². The molecule has 1 aliphatic carbocycles. The molecule has 0 saturated heterocycles. The fourth-order valence-electron chi connectivity index (χ4n) is 7.22. The van der Waals surface area contributed by atoms with Gasteiger partial charge in [-0.25, -0.2) is 0 Å². The third-order valence-corrected chi connectivity index (χ3v) is 9.17. The fourth-order valence-corrected chi connectivity index (χ4v) is 7.22. The van der Waals surface area contributed by atoms with Crippen LogP contribution < -0.4 is 14.2 Å². The van der Waals surface area contributed by atoms with Crippen LogP contribution in [0.4, 0.5) is 0 Å². The zero-order valence-corrected chi connectivity index (χ0v) is 25.6. The highest BCUT2D eigenvalue weighted by atomic mass is 16.7. The average molecular weight is 615 g/mol. The number of phenols is 1. The summed E-state index contributed by atoms with van der Waals surface area (Å²) in [4.78, 5) is 14.1. The van der Waals surface area contributed by atoms with E-state index in [9.17, 15) is 9.90 Å². The Bertz CT molecular complexity index is 1720. The summed E-state index contributed by atoms with van der Waals surface area (Å²) >= 11 is 0. The first-order valence-corrected chi connectivity index (χ1v) is 14.7. The van der Waals surface area contributed by atoms with Crippen molar-refractivity contribution >= 4 is 5.78 Å². The number of aromatic hydroxyl groups is 1. The van der Waals surface area contributed by atoms with Crippen molar-refractivity contribution in [1.82, 2.24) is 0 Å². The SMILES string of the molecule is COC1=C(OC)[C@@]2(OC)c3c(O)c(OC)c4c(c3O[C@@]23O[C@@H](c2ccccc2)CC=C3C1=O)[C@@H](OC)C[C@H](c1ccccc1)O4. The molecule has 10 nitrogen and oxygen atoms in total. The number of rotatable bonds is 7. The van der Waals surface area contributed by atoms with Crippen LogP contribution in [0.25, 0.3) is 0 Å². The van der Waals surface area contributed by atoms with Crippen molar-refractivity contribution in [3.8, 4) is 23.0 Å². The second kappa shape index (κ2) is 10.8. The number of ether oxygens (including phenoxy) is 8. The van der Waals surface area contributed by atoms with Gasteiger partial charge in [0.1, 0.15) is 11.9 Å². The van der Waals surface area contributed by atoms with Crippen molar-refractivity contribution < 1.29 is 47.8 Å². The van der Waals surface area contributed by atoms with E-state index in [0.29, 0.717) is 18.4 Å². The van der Waals surface area contributed by atoms with Gasteiger partial charge in [-0.3, -0.25) is 4.79 Å². The number of benzene rings is 3. The summed E-state index contributed by atoms with van der Waals surface area (Å²) in [5.74, 6) is -2.36. The Morgan fingerprint density at radius 2 is 1.51 bits per heavy atom. The van der Waals surface area contributed by atoms with Crippen LogP contribution in [0.15, 0.2) is 83.8 Å². The minimum Gasteiger partial charge on any atom is -0.504 e. The number of hydrogen-bond donors (Lipinski definition) is 1. The van der Waals surface area contributed by atoms with Gasteiger partial charge in [0.2, 0.25) is 22.9 Å². The highest BCUT2D eigenvalue weighted by Crippen LogP contribution is 2.70. The average Bonchev–Trinajstić information content (AvgIpc) is 3.38. The van der Waals surface area contributed by atoms with Gasteiger partial charge in [0.05, 0.1) is 50.2 Å². The zero-order valence-electron chi connectivity index (χ0n) is 25.6. The topological polar surface area (TPSA) is 111 Å². The number of methoxy groups -OCH3 is 5. The molecule has 3 aromatic carbocycles. The van der Waals surface area contributed by atoms with E-state index in [-0.39, 0.29) is 45.7 Å². The van der Waals surface area contributed by atoms with Gasteiger partial charge in [-0.05, 0) is 17.5 Å². The Kier molecular flexibility index (Phi) is 7.03. The van der Waals surface area contributed by atoms with Crippen molar-refractivity contribution in [3.05, 3.63) is 106 Å². The van der Waals surface area contributed by atoms with Crippen LogP contribution in [0.5, 0.6) is 23.0 Å². The molecular formula is C35H34O10. The summed E-state index contributed by atoms with van der Waals surface area (Å²) < 4.78 is 50.2. The van der Waals surface area contributed by atoms with E-state index < -0.39 is 35.5 Å². The standard InChI is InChI=1S/C35H34O10/c1-38-24-18-23(20-14-10-7-11-15-20)43-30-25(24)29-26(28(37)31(30)39-2)34(42-5)33(41-4)32(40-3)27(36)21-16-17-22(44-35(21,34)45-29)19-12-8-6-9-13-19/h6-16,22-24,37H,17-18H2,1-5H3/t22-,23-,24+,34+,35-/m1/s1. The Morgan fingerprint density at radius 3 is 2.09 bits per heavy atom. The second-order valence-corrected chi connectivity index (χ2v) is 11.2. The molecule has 1 N–H and O–H groups in total. The van der Waals surface area contributed by atoms with Gasteiger partial charge in [0, 0.05) is 20.6 Å². The summed E-state index contributed by atoms with van der Waals surface area (Å²) in [7, 11) is 7.26. The number of carbonyl (C=O) groups excluding carboxylic acids is 1. The fraction of sp³-hybridized carbons (Fsp3) is 0.343. The molecule has 1 spiro atoms. The van der Waals surface area contributed by atoms with E-state index in [4.69, 9.17) is 37.9 Å². The molecule has 234 valence electrons. The number of hydrogen-bond acceptors (Lipinski definition) is 10. The Hall–Kier alpha value is -4.51. The van der Waals surface area contributed by atoms with Gasteiger partial charge >= 0.3 is 0 Å². The van der Waals surface area contributed by atoms with E-state index in [0.717, 1.165) is 11.1 Å². The number of phenolic OH excluding ortho intramolecular Hbond substituents is 1. The predicted octanol–water partition coefficient (Wildman–Crippen LogP) is 5.72. The number of ketones is 1. The van der Waals surface area contributed by atoms with Crippen molar-refractivity contribution in [1.29, 1.82) is 0 Å². The maximum atomic E-state index is 14.1. The van der Waals surface area contributed by atoms with Crippen LogP contribution in [0.1, 0.15) is 53.4 Å². The van der Waals surface area contributed by atoms with Crippen molar-refractivity contribution in [2.24, 2.45) is 0 Å². The first kappa shape index (κ1) is 29.2. The van der Waals surface area contributed by atoms with Crippen molar-refractivity contribution in [2.45, 2.75) is 42.5 Å². The normalized spacial score (nSPS) is 28.1. The largest absolute Gasteiger partial charge is 0.504 e. The van der Waals surface area contributed by atoms with E-state index in [1.165, 1.54) is 28.4 Å². The number of carbonyl (C=O) groups is 1. The van der Waals surface area contributed by atoms with Gasteiger partial charge < -0.3 is 43.0 Å². The molecule has 0 fully saturated rings. The predicted molar refractivity (Wildman–Crippen MR) is 160 cm³/mol. The van der Waals surface area contributed by atoms with E-state index in [2.05, 4.69) is 0 Å². The highest BCUT2D eigenvalue weighted by Gasteiger charge is 2.76. The molecule has 3 aliphatic heterocycles. The first-order valence-electron chi connectivity index (χ1n) is 14.7. The third kappa shape index (κ3) is 3.82. The Labute approximate surface area is 260 Å². The summed E-state index contributed by atoms with van der Waals surface area (Å²) in [5, 5.41) is 12.1. The summed E-state index contributed by atoms with van der Waals surface area (Å²) in [6.07, 6.45) is 1.07. The molecule has 0 aromatic heterocycles. The summed E-state index contributed by atoms with van der Waals surface area (Å²) in [6, 6.07) is 19.4. The van der Waals surface area contributed by atoms with Crippen molar-refractivity contribution in [3.63, 3.8) is 0 Å². The molecule has 7 rings (SSSR count). The van der Waals surface area contributed by atoms with Gasteiger partial charge in [-0.1, -0.05) is 66.7 Å². The smallest absolute Gasteiger partial charge is 0.283 e. The van der Waals surface area contributed by atoms with Gasteiger partial charge in [-0.2, -0.15) is 0 Å². The zero-order chi connectivity index (χ0) is 31.5. The molecule has 0 saturated carbocycles. The summed E-state index contributed by atoms with van der Waals surface area (Å²) in [6.45, 7) is 0. The van der Waals surface area contributed by atoms with Gasteiger partial charge in [0.25, 0.3) is 5.79 Å². The second-order valence-electron chi connectivity index (χ2n) is 11.2. The molecule has 3 aromatic rings. The maximum absolute atomic E-state index is 14.1. The lowest BCUT2D eigenvalue weighted by Crippen LogP contribution is -2.63. The molecule has 0 amide bonds. The quantitative estimate of drug-likeness (QED) is 0.355. The van der Waals surface area contributed by atoms with E-state index >= 15 is 0 Å². The van der Waals surface area contributed by atoms with E-state index in [1.54, 1.807) is 13.2 Å². The lowest BCUT2D eigenvalue weighted by atomic mass is 9.72. The van der Waals surface area contributed by atoms with Crippen molar-refractivity contribution in [2.75, 3.05) is 35.5 Å². The molecule has 10 heteroatoms. The van der Waals surface area contributed by atoms with Crippen LogP contribution in [-0.4, -0.2) is 52.2 Å². The van der Waals surface area contributed by atoms with Crippen LogP contribution in [0.2, 0.25) is 0 Å². The Balaban J connectivity index is 1.53. The number of allylic oxidation sites excluding steroid dienone is 1. The van der Waals surface area contributed by atoms with Crippen LogP contribution >= 0.6 is 0 Å². The molecule has 5 atom stereocenters. The molecule has 0 radical (unpaired) electrons. The van der Waals surface area contributed by atoms with Crippen LogP contribution in [0.3, 0.4) is 0 Å². The highest BCUT2D eigenvalue weighted by molar-refractivity contribution is 6.11. The number of fused-ring (bicyclic) bond motifs is 4. The lowest BCUT2D eigenvalue weighted by Gasteiger charge is -2.49. The number of Topliss-reactive ketones (excluding diaryl/α,β-unsaturated/α-hetero) is 1. The molecule has 4 aliphatic rings. The van der Waals surface area contributed by atoms with Gasteiger partial charge in [-0.15, -0.1) is 0 Å². The maximum Gasteiger partial charge on any atom is 0.283 e. The lowest BCUT2D eigenvalue weighted by molar-refractivity contribution is -0.281. The minimum absolute atomic E-state index is 0.0210. The minimum atomic E-state index is -1.93. The molecular weight excluding hydrogens is 580 g/mol. The molecule has 0 bridgehead atoms. The monoisotopic (exact) mass is 614 g/mol. The Morgan fingerprint density at radius 1 is 0.844 bits per heavy atom.